The first kappa shape index (κ1) is 24.4. The fraction of sp³-hybridized carbons (Fsp3) is 0.458. The highest BCUT2D eigenvalue weighted by atomic mass is 35.5. The monoisotopic (exact) mass is 491 g/mol. The molecule has 6 atom stereocenters. The van der Waals surface area contributed by atoms with Crippen molar-refractivity contribution < 1.29 is 39.9 Å². The molecular weight excluding hydrogens is 466 g/mol. The van der Waals surface area contributed by atoms with Crippen LogP contribution in [0.15, 0.2) is 34.8 Å². The second-order valence-electron chi connectivity index (χ2n) is 9.21. The van der Waals surface area contributed by atoms with Crippen LogP contribution < -0.4 is 0 Å². The van der Waals surface area contributed by atoms with Crippen molar-refractivity contribution in [1.82, 2.24) is 4.90 Å². The standard InChI is InChI=1S/C24H26ClNO8/c1-5-26(4)18-17-20(30)13-8(2)12-10(25)6-7-11(28)15(12)19(29)16(13)23(33)24(17,34)22(32)14(9(3)27)21(18)31/h6-8,13,17-18,20,28,30-31,33-34H,5H2,1-4H3/t8?,13?,17?,18-,20?,24+/m0/s1. The molecule has 1 aromatic carbocycles. The lowest BCUT2D eigenvalue weighted by Crippen LogP contribution is -2.68. The van der Waals surface area contributed by atoms with Gasteiger partial charge in [0.25, 0.3) is 0 Å². The Morgan fingerprint density at radius 2 is 1.82 bits per heavy atom. The van der Waals surface area contributed by atoms with Gasteiger partial charge in [-0.1, -0.05) is 25.4 Å². The minimum absolute atomic E-state index is 0.170. The highest BCUT2D eigenvalue weighted by Crippen LogP contribution is 2.56. The van der Waals surface area contributed by atoms with Crippen LogP contribution in [0.2, 0.25) is 5.02 Å². The average molecular weight is 492 g/mol. The first-order valence-corrected chi connectivity index (χ1v) is 11.3. The fourth-order valence-electron chi connectivity index (χ4n) is 5.87. The van der Waals surface area contributed by atoms with Crippen molar-refractivity contribution in [3.63, 3.8) is 0 Å². The number of benzene rings is 1. The molecule has 0 bridgehead atoms. The van der Waals surface area contributed by atoms with Gasteiger partial charge in [0.1, 0.15) is 22.8 Å². The van der Waals surface area contributed by atoms with Crippen LogP contribution in [0.4, 0.5) is 0 Å². The van der Waals surface area contributed by atoms with E-state index in [-0.39, 0.29) is 16.1 Å². The number of aromatic hydroxyl groups is 1. The smallest absolute Gasteiger partial charge is 0.209 e. The Kier molecular flexibility index (Phi) is 5.68. The third-order valence-corrected chi connectivity index (χ3v) is 7.91. The lowest BCUT2D eigenvalue weighted by molar-refractivity contribution is -0.162. The molecule has 4 unspecified atom stereocenters. The first-order chi connectivity index (χ1) is 15.8. The van der Waals surface area contributed by atoms with E-state index in [9.17, 15) is 39.9 Å². The Morgan fingerprint density at radius 1 is 1.21 bits per heavy atom. The molecule has 1 aromatic rings. The zero-order valence-electron chi connectivity index (χ0n) is 19.0. The van der Waals surface area contributed by atoms with Gasteiger partial charge in [-0.25, -0.2) is 0 Å². The topological polar surface area (TPSA) is 156 Å². The number of rotatable bonds is 3. The number of phenolic OH excluding ortho intramolecular Hbond substituents is 1. The number of hydrogen-bond acceptors (Lipinski definition) is 9. The Balaban J connectivity index is 2.07. The molecule has 0 heterocycles. The molecule has 34 heavy (non-hydrogen) atoms. The van der Waals surface area contributed by atoms with Gasteiger partial charge >= 0.3 is 0 Å². The van der Waals surface area contributed by atoms with Crippen LogP contribution in [0.1, 0.15) is 42.6 Å². The molecule has 9 nitrogen and oxygen atoms in total. The second kappa shape index (κ2) is 7.91. The van der Waals surface area contributed by atoms with Gasteiger partial charge in [0.05, 0.1) is 23.6 Å². The Labute approximate surface area is 200 Å². The quantitative estimate of drug-likeness (QED) is 0.398. The normalized spacial score (nSPS) is 33.1. The van der Waals surface area contributed by atoms with E-state index in [0.717, 1.165) is 6.92 Å². The molecule has 3 aliphatic rings. The second-order valence-corrected chi connectivity index (χ2v) is 9.61. The number of likely N-dealkylation sites (N-methyl/N-ethyl adjacent to an activating group) is 1. The number of nitrogens with zero attached hydrogens (tertiary/aromatic N) is 1. The van der Waals surface area contributed by atoms with E-state index in [1.165, 1.54) is 17.0 Å². The van der Waals surface area contributed by atoms with E-state index in [2.05, 4.69) is 0 Å². The summed E-state index contributed by atoms with van der Waals surface area (Å²) in [7, 11) is 1.57. The molecule has 4 rings (SSSR count). The van der Waals surface area contributed by atoms with Crippen molar-refractivity contribution in [2.24, 2.45) is 11.8 Å². The van der Waals surface area contributed by atoms with Gasteiger partial charge in [0, 0.05) is 16.5 Å². The summed E-state index contributed by atoms with van der Waals surface area (Å²) in [6.07, 6.45) is -1.61. The maximum absolute atomic E-state index is 13.5. The van der Waals surface area contributed by atoms with E-state index in [1.807, 2.05) is 0 Å². The van der Waals surface area contributed by atoms with Gasteiger partial charge in [0.2, 0.25) is 5.78 Å². The summed E-state index contributed by atoms with van der Waals surface area (Å²) in [6.45, 7) is 4.71. The van der Waals surface area contributed by atoms with E-state index < -0.39 is 81.3 Å². The van der Waals surface area contributed by atoms with E-state index >= 15 is 0 Å². The van der Waals surface area contributed by atoms with Crippen molar-refractivity contribution in [2.45, 2.75) is 44.4 Å². The molecule has 5 N–H and O–H groups in total. The zero-order valence-corrected chi connectivity index (χ0v) is 19.8. The van der Waals surface area contributed by atoms with Crippen molar-refractivity contribution in [3.8, 4) is 5.75 Å². The van der Waals surface area contributed by atoms with Gasteiger partial charge in [-0.05, 0) is 44.1 Å². The third kappa shape index (κ3) is 2.87. The Hall–Kier alpha value is -2.72. The Morgan fingerprint density at radius 3 is 2.38 bits per heavy atom. The molecule has 182 valence electrons. The van der Waals surface area contributed by atoms with Gasteiger partial charge in [-0.2, -0.15) is 0 Å². The van der Waals surface area contributed by atoms with Gasteiger partial charge in [-0.15, -0.1) is 0 Å². The highest BCUT2D eigenvalue weighted by Gasteiger charge is 2.67. The lowest BCUT2D eigenvalue weighted by atomic mass is 9.55. The molecule has 0 saturated carbocycles. The van der Waals surface area contributed by atoms with Crippen molar-refractivity contribution in [2.75, 3.05) is 13.6 Å². The number of carbonyl (C=O) groups excluding carboxylic acids is 3. The average Bonchev–Trinajstić information content (AvgIpc) is 2.77. The van der Waals surface area contributed by atoms with E-state index in [1.54, 1.807) is 20.9 Å². The molecule has 0 spiro atoms. The van der Waals surface area contributed by atoms with Crippen LogP contribution >= 0.6 is 11.6 Å². The molecule has 0 saturated heterocycles. The van der Waals surface area contributed by atoms with Gasteiger partial charge in [-0.3, -0.25) is 19.3 Å². The number of carbonyl (C=O) groups is 3. The molecule has 0 aliphatic heterocycles. The summed E-state index contributed by atoms with van der Waals surface area (Å²) < 4.78 is 0. The van der Waals surface area contributed by atoms with Crippen LogP contribution in [0.25, 0.3) is 0 Å². The number of hydrogen-bond donors (Lipinski definition) is 5. The van der Waals surface area contributed by atoms with E-state index in [0.29, 0.717) is 6.54 Å². The maximum atomic E-state index is 13.5. The molecular formula is C24H26ClNO8. The van der Waals surface area contributed by atoms with Crippen molar-refractivity contribution in [3.05, 3.63) is 50.9 Å². The summed E-state index contributed by atoms with van der Waals surface area (Å²) in [5.74, 6) is -8.38. The number of fused-ring (bicyclic) bond motifs is 3. The molecule has 0 radical (unpaired) electrons. The third-order valence-electron chi connectivity index (χ3n) is 7.58. The predicted octanol–water partition coefficient (Wildman–Crippen LogP) is 1.80. The summed E-state index contributed by atoms with van der Waals surface area (Å²) in [6, 6.07) is 1.41. The minimum atomic E-state index is -2.85. The number of aliphatic hydroxyl groups is 4. The fourth-order valence-corrected chi connectivity index (χ4v) is 6.20. The summed E-state index contributed by atoms with van der Waals surface area (Å²) >= 11 is 6.34. The number of Topliss-reactive ketones (excluding diaryl/α,β-unsaturated/α-hetero) is 3. The van der Waals surface area contributed by atoms with Crippen LogP contribution in [0, 0.1) is 11.8 Å². The van der Waals surface area contributed by atoms with Crippen LogP contribution in [0.5, 0.6) is 5.75 Å². The van der Waals surface area contributed by atoms with Crippen LogP contribution in [-0.4, -0.2) is 79.1 Å². The van der Waals surface area contributed by atoms with Crippen LogP contribution in [0.3, 0.4) is 0 Å². The minimum Gasteiger partial charge on any atom is -0.510 e. The summed E-state index contributed by atoms with van der Waals surface area (Å²) in [4.78, 5) is 40.7. The summed E-state index contributed by atoms with van der Waals surface area (Å²) in [5, 5.41) is 56.1. The van der Waals surface area contributed by atoms with Crippen LogP contribution in [-0.2, 0) is 9.59 Å². The largest absolute Gasteiger partial charge is 0.510 e. The molecule has 0 fully saturated rings. The molecule has 3 aliphatic carbocycles. The lowest BCUT2D eigenvalue weighted by Gasteiger charge is -2.54. The van der Waals surface area contributed by atoms with Crippen molar-refractivity contribution in [1.29, 1.82) is 0 Å². The number of halogens is 1. The Bertz CT molecular complexity index is 1200. The zero-order chi connectivity index (χ0) is 25.4. The number of aliphatic hydroxyl groups excluding tert-OH is 3. The SMILES string of the molecule is CCN(C)[C@@H]1C(O)=C(C(C)=O)C(=O)[C@@]2(O)C(O)=C3C(=O)c4c(O)ccc(Cl)c4C(C)C3C(O)C12. The van der Waals surface area contributed by atoms with E-state index in [4.69, 9.17) is 11.6 Å². The molecule has 10 heteroatoms. The molecule has 0 amide bonds. The number of phenols is 1. The summed E-state index contributed by atoms with van der Waals surface area (Å²) in [5.41, 5.74) is -3.91. The van der Waals surface area contributed by atoms with Gasteiger partial charge in [0.15, 0.2) is 17.2 Å². The highest BCUT2D eigenvalue weighted by molar-refractivity contribution is 6.33. The predicted molar refractivity (Wildman–Crippen MR) is 121 cm³/mol. The maximum Gasteiger partial charge on any atom is 0.209 e. The number of ketones is 3. The first-order valence-electron chi connectivity index (χ1n) is 10.9. The van der Waals surface area contributed by atoms with Gasteiger partial charge < -0.3 is 25.5 Å². The van der Waals surface area contributed by atoms with Crippen molar-refractivity contribution >= 4 is 29.0 Å². The molecule has 0 aromatic heterocycles.